The maximum Gasteiger partial charge on any atom is 0.335 e. The summed E-state index contributed by atoms with van der Waals surface area (Å²) in [6.07, 6.45) is 4.59. The summed E-state index contributed by atoms with van der Waals surface area (Å²) in [5.41, 5.74) is 0. The van der Waals surface area contributed by atoms with Crippen molar-refractivity contribution in [2.45, 2.75) is 84.5 Å². The van der Waals surface area contributed by atoms with Gasteiger partial charge in [-0.05, 0) is 47.6 Å². The van der Waals surface area contributed by atoms with Gasteiger partial charge in [0.25, 0.3) is 23.6 Å². The minimum atomic E-state index is -3.30. The highest BCUT2D eigenvalue weighted by Gasteiger charge is 2.33. The maximum absolute atomic E-state index is 11.0. The fraction of sp³-hybridized carbons (Fsp3) is 0.552. The predicted molar refractivity (Wildman–Crippen MR) is 195 cm³/mol. The second kappa shape index (κ2) is 25.0. The number of hydrogen-bond donors (Lipinski definition) is 1. The molecule has 0 N–H and O–H groups in total. The molecule has 0 aliphatic carbocycles. The van der Waals surface area contributed by atoms with Crippen molar-refractivity contribution in [2.75, 3.05) is 11.5 Å². The predicted octanol–water partition coefficient (Wildman–Crippen LogP) is 5.25. The van der Waals surface area contributed by atoms with Crippen molar-refractivity contribution in [3.05, 3.63) is 36.5 Å². The molecule has 47 heavy (non-hydrogen) atoms. The van der Waals surface area contributed by atoms with Gasteiger partial charge in [0, 0.05) is 48.4 Å². The third-order valence-corrected chi connectivity index (χ3v) is 10.1. The molecule has 1 aromatic rings. The molecule has 3 rings (SSSR count). The number of alkyl halides is 1. The van der Waals surface area contributed by atoms with E-state index in [1.807, 2.05) is 45.9 Å². The number of hydrogen-bond acceptors (Lipinski definition) is 14. The molecule has 0 atom stereocenters. The van der Waals surface area contributed by atoms with E-state index in [1.54, 1.807) is 33.9 Å². The van der Waals surface area contributed by atoms with Crippen molar-refractivity contribution in [3.63, 3.8) is 0 Å². The van der Waals surface area contributed by atoms with Crippen LogP contribution in [-0.4, -0.2) is 81.6 Å². The van der Waals surface area contributed by atoms with Gasteiger partial charge in [0.1, 0.15) is 10.8 Å². The number of rotatable bonds is 9. The number of nitrogens with zero attached hydrogens (tertiary/aromatic N) is 3. The summed E-state index contributed by atoms with van der Waals surface area (Å²) >= 11 is 6.04. The quantitative estimate of drug-likeness (QED) is 0.112. The zero-order chi connectivity index (χ0) is 36.9. The Morgan fingerprint density at radius 3 is 1.68 bits per heavy atom. The summed E-state index contributed by atoms with van der Waals surface area (Å²) in [7, 11) is 0.0142. The van der Waals surface area contributed by atoms with E-state index in [2.05, 4.69) is 48.3 Å². The second-order valence-electron chi connectivity index (χ2n) is 10.4. The summed E-state index contributed by atoms with van der Waals surface area (Å²) in [4.78, 5) is 75.0. The first kappa shape index (κ1) is 47.1. The summed E-state index contributed by atoms with van der Waals surface area (Å²) in [6.45, 7) is 14.3. The largest absolute Gasteiger partial charge is 0.335 e. The van der Waals surface area contributed by atoms with Crippen LogP contribution in [0.3, 0.4) is 0 Å². The third-order valence-electron chi connectivity index (χ3n) is 5.04. The van der Waals surface area contributed by atoms with E-state index in [4.69, 9.17) is 0 Å². The average molecular weight is 850 g/mol. The fourth-order valence-corrected chi connectivity index (χ4v) is 6.26. The molecule has 18 heteroatoms. The van der Waals surface area contributed by atoms with E-state index >= 15 is 0 Å². The van der Waals surface area contributed by atoms with Gasteiger partial charge < -0.3 is 4.84 Å². The zero-order valence-corrected chi connectivity index (χ0v) is 33.4. The number of imide groups is 2. The Labute approximate surface area is 304 Å². The molecule has 0 saturated carbocycles. The Bertz CT molecular complexity index is 1270. The lowest BCUT2D eigenvalue weighted by atomic mass is 10.1. The monoisotopic (exact) mass is 849 g/mol. The van der Waals surface area contributed by atoms with E-state index in [0.717, 1.165) is 22.9 Å². The molecular formula is C29H44IN3O10S4. The van der Waals surface area contributed by atoms with Crippen molar-refractivity contribution >= 4 is 100 Å². The first-order valence-electron chi connectivity index (χ1n) is 14.2. The Balaban J connectivity index is 0. The molecule has 0 aromatic carbocycles. The molecule has 3 heterocycles. The Morgan fingerprint density at radius 1 is 0.936 bits per heavy atom. The fourth-order valence-electron chi connectivity index (χ4n) is 2.60. The van der Waals surface area contributed by atoms with Crippen molar-refractivity contribution in [3.8, 4) is 0 Å². The highest BCUT2D eigenvalue weighted by atomic mass is 127. The molecule has 0 bridgehead atoms. The van der Waals surface area contributed by atoms with E-state index in [-0.39, 0.29) is 47.8 Å². The van der Waals surface area contributed by atoms with Gasteiger partial charge in [-0.3, -0.25) is 33.1 Å². The molecule has 13 nitrogen and oxygen atoms in total. The number of carbonyl (C=O) groups is 6. The maximum atomic E-state index is 11.0. The molecule has 266 valence electrons. The first-order valence-corrected chi connectivity index (χ1v) is 20.4. The average Bonchev–Trinajstić information content (AvgIpc) is 3.52. The van der Waals surface area contributed by atoms with Crippen LogP contribution in [-0.2, 0) is 46.9 Å². The van der Waals surface area contributed by atoms with Gasteiger partial charge in [-0.25, -0.2) is 9.78 Å². The molecule has 0 radical (unpaired) electrons. The smallest absolute Gasteiger partial charge is 0.330 e. The Morgan fingerprint density at radius 2 is 1.45 bits per heavy atom. The lowest BCUT2D eigenvalue weighted by molar-refractivity contribution is -0.199. The number of ketones is 1. The SMILES string of the molecule is CC(C)C(=O)CI.CC(C)C(=O)ON1C(=O)CCC1=O.CC(C)N1C(=O)C=CC1=O.COS(=O)(=O)SC(C)C.SSc1ccccn1. The number of thiol groups is 1. The van der Waals surface area contributed by atoms with Gasteiger partial charge >= 0.3 is 15.1 Å². The van der Waals surface area contributed by atoms with Crippen LogP contribution in [0.25, 0.3) is 0 Å². The third kappa shape index (κ3) is 21.6. The van der Waals surface area contributed by atoms with Crippen LogP contribution < -0.4 is 0 Å². The Kier molecular flexibility index (Phi) is 25.1. The minimum absolute atomic E-state index is 0.0324. The molecule has 1 aromatic heterocycles. The molecule has 1 saturated heterocycles. The first-order chi connectivity index (χ1) is 21.7. The second-order valence-corrected chi connectivity index (χ2v) is 16.4. The molecule has 1 fully saturated rings. The van der Waals surface area contributed by atoms with Crippen LogP contribution in [0.4, 0.5) is 0 Å². The van der Waals surface area contributed by atoms with E-state index in [9.17, 15) is 37.2 Å². The van der Waals surface area contributed by atoms with Gasteiger partial charge in [0.15, 0.2) is 0 Å². The summed E-state index contributed by atoms with van der Waals surface area (Å²) in [5, 5.41) is 1.55. The van der Waals surface area contributed by atoms with Crippen LogP contribution in [0.15, 0.2) is 41.6 Å². The molecule has 0 spiro atoms. The number of halogens is 1. The van der Waals surface area contributed by atoms with Crippen LogP contribution in [0.5, 0.6) is 0 Å². The highest BCUT2D eigenvalue weighted by molar-refractivity contribution is 14.1. The number of Topliss-reactive ketones (excluding diaryl/α,β-unsaturated/α-hetero) is 1. The van der Waals surface area contributed by atoms with Crippen molar-refractivity contribution in [1.82, 2.24) is 14.9 Å². The van der Waals surface area contributed by atoms with Gasteiger partial charge in [0.2, 0.25) is 0 Å². The number of amides is 4. The zero-order valence-electron chi connectivity index (χ0n) is 27.9. The topological polar surface area (TPSA) is 174 Å². The number of pyridine rings is 1. The minimum Gasteiger partial charge on any atom is -0.330 e. The van der Waals surface area contributed by atoms with Crippen molar-refractivity contribution < 1.29 is 46.2 Å². The lowest BCUT2D eigenvalue weighted by Gasteiger charge is -2.17. The number of carbonyl (C=O) groups excluding carboxylic acids is 6. The number of hydroxylamine groups is 2. The summed E-state index contributed by atoms with van der Waals surface area (Å²) < 4.78 is 25.9. The summed E-state index contributed by atoms with van der Waals surface area (Å²) in [5.74, 6) is -1.67. The molecule has 4 amide bonds. The number of aromatic nitrogens is 1. The normalized spacial score (nSPS) is 13.9. The van der Waals surface area contributed by atoms with Gasteiger partial charge in [0.05, 0.1) is 17.5 Å². The standard InChI is InChI=1S/C8H11NO4.C7H9NO2.C5H9IO.C5H5NS2.C4H10O3S2/c1-5(2)8(12)13-9-6(10)3-4-7(9)11;1-5(2)8-6(9)3-4-7(8)10;1-4(2)5(7)3-6;7-8-5-3-1-2-4-6-5;1-4(2)8-9(5,6)7-3/h5H,3-4H2,1-2H3;3-5H,1-2H3;4H,3H2,1-2H3;1-4,7H;4H,1-3H3. The molecule has 0 unspecified atom stereocenters. The molecular weight excluding hydrogens is 806 g/mol. The van der Waals surface area contributed by atoms with E-state index < -0.39 is 26.9 Å². The van der Waals surface area contributed by atoms with E-state index in [0.29, 0.717) is 15.3 Å². The van der Waals surface area contributed by atoms with Gasteiger partial charge in [-0.2, -0.15) is 8.42 Å². The lowest BCUT2D eigenvalue weighted by Crippen LogP contribution is -2.36. The van der Waals surface area contributed by atoms with Crippen molar-refractivity contribution in [2.24, 2.45) is 11.8 Å². The highest BCUT2D eigenvalue weighted by Crippen LogP contribution is 2.19. The van der Waals surface area contributed by atoms with Crippen LogP contribution in [0, 0.1) is 11.8 Å². The van der Waals surface area contributed by atoms with E-state index in [1.165, 1.54) is 27.8 Å². The molecule has 2 aliphatic heterocycles. The molecule has 2 aliphatic rings. The van der Waals surface area contributed by atoms with Crippen LogP contribution >= 0.6 is 55.8 Å². The van der Waals surface area contributed by atoms with Crippen LogP contribution in [0.1, 0.15) is 68.2 Å². The Hall–Kier alpha value is -2.00. The van der Waals surface area contributed by atoms with Gasteiger partial charge in [-0.15, -0.1) is 16.7 Å². The van der Waals surface area contributed by atoms with Crippen LogP contribution in [0.2, 0.25) is 0 Å². The van der Waals surface area contributed by atoms with Crippen molar-refractivity contribution in [1.29, 1.82) is 0 Å². The summed E-state index contributed by atoms with van der Waals surface area (Å²) in [6, 6.07) is 5.70. The van der Waals surface area contributed by atoms with Gasteiger partial charge in [-0.1, -0.05) is 70.2 Å².